The second-order valence-electron chi connectivity index (χ2n) is 6.47. The minimum absolute atomic E-state index is 0.0159. The van der Waals surface area contributed by atoms with Gasteiger partial charge in [-0.3, -0.25) is 9.59 Å². The van der Waals surface area contributed by atoms with Crippen LogP contribution in [0.15, 0.2) is 16.9 Å². The fourth-order valence-corrected chi connectivity index (χ4v) is 3.91. The molecule has 124 valence electrons. The summed E-state index contributed by atoms with van der Waals surface area (Å²) in [5.41, 5.74) is 0.291. The Kier molecular flexibility index (Phi) is 4.19. The highest BCUT2D eigenvalue weighted by atomic mass is 16.4. The Hall–Kier alpha value is -2.18. The van der Waals surface area contributed by atoms with E-state index in [2.05, 4.69) is 5.10 Å². The van der Waals surface area contributed by atoms with Crippen molar-refractivity contribution in [1.29, 1.82) is 0 Å². The predicted molar refractivity (Wildman–Crippen MR) is 81.9 cm³/mol. The smallest absolute Gasteiger partial charge is 0.326 e. The van der Waals surface area contributed by atoms with Crippen LogP contribution in [0, 0.1) is 12.8 Å². The van der Waals surface area contributed by atoms with E-state index in [1.165, 1.54) is 11.0 Å². The molecule has 23 heavy (non-hydrogen) atoms. The molecule has 3 atom stereocenters. The summed E-state index contributed by atoms with van der Waals surface area (Å²) < 4.78 is 1.12. The van der Waals surface area contributed by atoms with Gasteiger partial charge in [-0.1, -0.05) is 12.8 Å². The molecule has 1 saturated carbocycles. The zero-order valence-corrected chi connectivity index (χ0v) is 13.1. The first-order valence-corrected chi connectivity index (χ1v) is 8.06. The summed E-state index contributed by atoms with van der Waals surface area (Å²) in [7, 11) is 0. The molecule has 7 heteroatoms. The lowest BCUT2D eigenvalue weighted by molar-refractivity contribution is -0.150. The highest BCUT2D eigenvalue weighted by Crippen LogP contribution is 2.39. The van der Waals surface area contributed by atoms with Gasteiger partial charge >= 0.3 is 5.97 Å². The maximum atomic E-state index is 12.7. The molecule has 1 aromatic heterocycles. The number of aromatic nitrogens is 2. The molecule has 2 heterocycles. The fourth-order valence-electron chi connectivity index (χ4n) is 3.91. The summed E-state index contributed by atoms with van der Waals surface area (Å²) in [6.45, 7) is 1.54. The van der Waals surface area contributed by atoms with E-state index < -0.39 is 12.0 Å². The third-order valence-electron chi connectivity index (χ3n) is 4.95. The Morgan fingerprint density at radius 2 is 2.04 bits per heavy atom. The number of carboxylic acid groups (broad SMARTS) is 1. The van der Waals surface area contributed by atoms with Crippen LogP contribution in [0.3, 0.4) is 0 Å². The number of hydrogen-bond donors (Lipinski definition) is 1. The molecular weight excluding hydrogens is 298 g/mol. The van der Waals surface area contributed by atoms with Crippen molar-refractivity contribution in [2.45, 2.75) is 57.7 Å². The van der Waals surface area contributed by atoms with Crippen molar-refractivity contribution in [2.24, 2.45) is 5.92 Å². The van der Waals surface area contributed by atoms with Crippen LogP contribution >= 0.6 is 0 Å². The first-order chi connectivity index (χ1) is 11.0. The van der Waals surface area contributed by atoms with Gasteiger partial charge < -0.3 is 10.0 Å². The van der Waals surface area contributed by atoms with E-state index in [4.69, 9.17) is 0 Å². The number of likely N-dealkylation sites (tertiary alicyclic amines) is 1. The summed E-state index contributed by atoms with van der Waals surface area (Å²) >= 11 is 0. The van der Waals surface area contributed by atoms with Gasteiger partial charge in [0.25, 0.3) is 5.56 Å². The monoisotopic (exact) mass is 319 g/mol. The van der Waals surface area contributed by atoms with Gasteiger partial charge in [0.2, 0.25) is 5.91 Å². The van der Waals surface area contributed by atoms with Crippen molar-refractivity contribution in [3.8, 4) is 0 Å². The molecule has 1 saturated heterocycles. The molecule has 0 radical (unpaired) electrons. The van der Waals surface area contributed by atoms with Crippen molar-refractivity contribution < 1.29 is 14.7 Å². The zero-order chi connectivity index (χ0) is 16.6. The molecule has 0 bridgehead atoms. The van der Waals surface area contributed by atoms with Gasteiger partial charge in [0.1, 0.15) is 12.6 Å². The maximum Gasteiger partial charge on any atom is 0.326 e. The molecular formula is C16H21N3O4. The number of carbonyl (C=O) groups is 2. The predicted octanol–water partition coefficient (Wildman–Crippen LogP) is 0.796. The molecule has 3 unspecified atom stereocenters. The molecule has 1 aliphatic heterocycles. The van der Waals surface area contributed by atoms with Crippen LogP contribution in [-0.4, -0.2) is 43.7 Å². The van der Waals surface area contributed by atoms with Gasteiger partial charge in [0.05, 0.1) is 5.69 Å². The van der Waals surface area contributed by atoms with E-state index in [1.54, 1.807) is 13.0 Å². The van der Waals surface area contributed by atoms with Crippen molar-refractivity contribution >= 4 is 11.9 Å². The van der Waals surface area contributed by atoms with E-state index in [-0.39, 0.29) is 30.0 Å². The average Bonchev–Trinajstić information content (AvgIpc) is 2.90. The van der Waals surface area contributed by atoms with Crippen LogP contribution in [0.1, 0.15) is 37.8 Å². The normalized spacial score (nSPS) is 26.8. The molecule has 7 nitrogen and oxygen atoms in total. The van der Waals surface area contributed by atoms with Crippen molar-refractivity contribution in [2.75, 3.05) is 0 Å². The number of amides is 1. The number of nitrogens with zero attached hydrogens (tertiary/aromatic N) is 3. The number of aryl methyl sites for hydroxylation is 1. The number of rotatable bonds is 3. The van der Waals surface area contributed by atoms with Crippen molar-refractivity contribution in [1.82, 2.24) is 14.7 Å². The zero-order valence-electron chi connectivity index (χ0n) is 13.1. The Morgan fingerprint density at radius 3 is 2.78 bits per heavy atom. The van der Waals surface area contributed by atoms with E-state index in [1.807, 2.05) is 0 Å². The molecule has 3 rings (SSSR count). The molecule has 0 spiro atoms. The first-order valence-electron chi connectivity index (χ1n) is 8.06. The van der Waals surface area contributed by atoms with E-state index in [9.17, 15) is 19.5 Å². The molecule has 2 fully saturated rings. The summed E-state index contributed by atoms with van der Waals surface area (Å²) in [4.78, 5) is 37.6. The van der Waals surface area contributed by atoms with Gasteiger partial charge in [0, 0.05) is 12.1 Å². The van der Waals surface area contributed by atoms with Gasteiger partial charge in [-0.15, -0.1) is 0 Å². The first kappa shape index (κ1) is 15.7. The van der Waals surface area contributed by atoms with Crippen LogP contribution in [-0.2, 0) is 16.1 Å². The third kappa shape index (κ3) is 3.00. The fraction of sp³-hybridized carbons (Fsp3) is 0.625. The minimum atomic E-state index is -0.961. The molecule has 1 aromatic rings. The highest BCUT2D eigenvalue weighted by Gasteiger charge is 2.47. The number of hydrogen-bond acceptors (Lipinski definition) is 4. The summed E-state index contributed by atoms with van der Waals surface area (Å²) in [6, 6.07) is 2.17. The Bertz CT molecular complexity index is 684. The van der Waals surface area contributed by atoms with Gasteiger partial charge in [-0.25, -0.2) is 9.48 Å². The minimum Gasteiger partial charge on any atom is -0.480 e. The summed E-state index contributed by atoms with van der Waals surface area (Å²) in [6.07, 6.45) is 4.44. The summed E-state index contributed by atoms with van der Waals surface area (Å²) in [5.74, 6) is -1.03. The van der Waals surface area contributed by atoms with Gasteiger partial charge in [-0.05, 0) is 38.2 Å². The van der Waals surface area contributed by atoms with Gasteiger partial charge in [0.15, 0.2) is 0 Å². The van der Waals surface area contributed by atoms with Crippen LogP contribution in [0.5, 0.6) is 0 Å². The van der Waals surface area contributed by atoms with Crippen LogP contribution in [0.25, 0.3) is 0 Å². The second kappa shape index (κ2) is 6.14. The van der Waals surface area contributed by atoms with Crippen molar-refractivity contribution in [3.63, 3.8) is 0 Å². The van der Waals surface area contributed by atoms with E-state index in [0.717, 1.165) is 30.4 Å². The highest BCUT2D eigenvalue weighted by molar-refractivity contribution is 5.84. The lowest BCUT2D eigenvalue weighted by atomic mass is 9.85. The standard InChI is InChI=1S/C16H21N3O4/c1-10-6-7-14(20)18(17-10)9-15(21)19-12-5-3-2-4-11(12)8-13(19)16(22)23/h6-7,11-13H,2-5,8-9H2,1H3,(H,22,23). The SMILES string of the molecule is Cc1ccc(=O)n(CC(=O)N2C(C(=O)O)CC3CCCCC32)n1. The van der Waals surface area contributed by atoms with Gasteiger partial charge in [-0.2, -0.15) is 5.10 Å². The average molecular weight is 319 g/mol. The number of carbonyl (C=O) groups excluding carboxylic acids is 1. The topological polar surface area (TPSA) is 92.5 Å². The molecule has 0 aromatic carbocycles. The van der Waals surface area contributed by atoms with E-state index >= 15 is 0 Å². The lowest BCUT2D eigenvalue weighted by Gasteiger charge is -2.33. The van der Waals surface area contributed by atoms with E-state index in [0.29, 0.717) is 12.1 Å². The molecule has 1 N–H and O–H groups in total. The van der Waals surface area contributed by atoms with Crippen LogP contribution in [0.4, 0.5) is 0 Å². The Labute approximate surface area is 133 Å². The quantitative estimate of drug-likeness (QED) is 0.889. The number of aliphatic carboxylic acids is 1. The lowest BCUT2D eigenvalue weighted by Crippen LogP contribution is -2.48. The third-order valence-corrected chi connectivity index (χ3v) is 4.95. The Morgan fingerprint density at radius 1 is 1.30 bits per heavy atom. The molecule has 1 amide bonds. The molecule has 1 aliphatic carbocycles. The van der Waals surface area contributed by atoms with Crippen LogP contribution < -0.4 is 5.56 Å². The Balaban J connectivity index is 1.85. The summed E-state index contributed by atoms with van der Waals surface area (Å²) in [5, 5.41) is 13.5. The second-order valence-corrected chi connectivity index (χ2v) is 6.47. The number of fused-ring (bicyclic) bond motifs is 1. The largest absolute Gasteiger partial charge is 0.480 e. The van der Waals surface area contributed by atoms with Crippen molar-refractivity contribution in [3.05, 3.63) is 28.2 Å². The number of carboxylic acids is 1. The molecule has 2 aliphatic rings. The maximum absolute atomic E-state index is 12.7. The van der Waals surface area contributed by atoms with Crippen LogP contribution in [0.2, 0.25) is 0 Å².